The Hall–Kier alpha value is -7.68. The number of hydrogen-bond donors (Lipinski definition) is 0. The Morgan fingerprint density at radius 3 is 1.80 bits per heavy atom. The molecule has 2 nitrogen and oxygen atoms in total. The Kier molecular flexibility index (Phi) is 9.02. The molecule has 0 aliphatic carbocycles. The maximum absolute atomic E-state index is 6.89. The van der Waals surface area contributed by atoms with Gasteiger partial charge in [-0.2, -0.15) is 0 Å². The van der Waals surface area contributed by atoms with E-state index in [1.165, 1.54) is 55.1 Å². The fraction of sp³-hybridized carbons (Fsp3) is 0.0345. The maximum Gasteiger partial charge on any atom is 0.143 e. The van der Waals surface area contributed by atoms with Gasteiger partial charge in [0.15, 0.2) is 0 Å². The SMILES string of the molecule is c1ccc(Cc2cc(N(Cc3ccccc3-c3cccc4c3oc3c5ccccc5ccc43)c3cccc(-c4cccc5ccccc45)c3)ccc2-c2ccccc2)cc1. The molecule has 0 fully saturated rings. The summed E-state index contributed by atoms with van der Waals surface area (Å²) in [6.07, 6.45) is 0.822. The van der Waals surface area contributed by atoms with Crippen LogP contribution in [-0.4, -0.2) is 0 Å². The molecule has 0 atom stereocenters. The lowest BCUT2D eigenvalue weighted by Gasteiger charge is -2.28. The Labute approximate surface area is 350 Å². The predicted molar refractivity (Wildman–Crippen MR) is 253 cm³/mol. The van der Waals surface area contributed by atoms with Crippen molar-refractivity contribution in [2.45, 2.75) is 13.0 Å². The summed E-state index contributed by atoms with van der Waals surface area (Å²) in [6.45, 7) is 0.643. The quantitative estimate of drug-likeness (QED) is 0.145. The molecule has 1 heterocycles. The van der Waals surface area contributed by atoms with E-state index in [2.05, 4.69) is 229 Å². The molecular weight excluding hydrogens is 727 g/mol. The summed E-state index contributed by atoms with van der Waals surface area (Å²) < 4.78 is 6.89. The van der Waals surface area contributed by atoms with Gasteiger partial charge in [-0.25, -0.2) is 0 Å². The summed E-state index contributed by atoms with van der Waals surface area (Å²) in [7, 11) is 0. The zero-order valence-corrected chi connectivity index (χ0v) is 33.1. The molecule has 11 aromatic rings. The molecule has 11 rings (SSSR count). The largest absolute Gasteiger partial charge is 0.455 e. The highest BCUT2D eigenvalue weighted by Gasteiger charge is 2.20. The second-order valence-electron chi connectivity index (χ2n) is 15.6. The van der Waals surface area contributed by atoms with Crippen LogP contribution in [0.25, 0.3) is 76.9 Å². The molecule has 0 saturated heterocycles. The molecular formula is C58H41NO. The third-order valence-corrected chi connectivity index (χ3v) is 12.0. The minimum atomic E-state index is 0.643. The maximum atomic E-state index is 6.89. The first-order valence-corrected chi connectivity index (χ1v) is 20.7. The van der Waals surface area contributed by atoms with E-state index in [4.69, 9.17) is 4.42 Å². The van der Waals surface area contributed by atoms with E-state index in [1.807, 2.05) is 0 Å². The van der Waals surface area contributed by atoms with E-state index < -0.39 is 0 Å². The van der Waals surface area contributed by atoms with Crippen molar-refractivity contribution >= 4 is 54.9 Å². The second-order valence-corrected chi connectivity index (χ2v) is 15.6. The van der Waals surface area contributed by atoms with E-state index in [-0.39, 0.29) is 0 Å². The summed E-state index contributed by atoms with van der Waals surface area (Å²) in [5, 5.41) is 7.06. The molecule has 0 aliphatic rings. The standard InChI is InChI=1S/C58H41NO/c1-3-16-40(17-4-1)36-46-38-48(33-35-49(46)41-18-5-2-6-19-41)59(47-25-13-24-44(37-47)51-29-14-23-42-20-7-10-26-50(42)51)39-45-22-9-11-27-52(45)54-30-15-31-55-56-34-32-43-21-8-12-28-53(43)57(56)60-58(54)55/h1-35,37-38H,36,39H2. The first-order valence-electron chi connectivity index (χ1n) is 20.7. The Bertz CT molecular complexity index is 3320. The number of furan rings is 1. The van der Waals surface area contributed by atoms with Crippen molar-refractivity contribution in [3.63, 3.8) is 0 Å². The van der Waals surface area contributed by atoms with Gasteiger partial charge >= 0.3 is 0 Å². The Balaban J connectivity index is 1.09. The van der Waals surface area contributed by atoms with Crippen molar-refractivity contribution in [3.8, 4) is 33.4 Å². The average Bonchev–Trinajstić information content (AvgIpc) is 3.71. The van der Waals surface area contributed by atoms with Crippen LogP contribution in [0.1, 0.15) is 16.7 Å². The minimum Gasteiger partial charge on any atom is -0.455 e. The van der Waals surface area contributed by atoms with Gasteiger partial charge in [0.2, 0.25) is 0 Å². The second kappa shape index (κ2) is 15.2. The monoisotopic (exact) mass is 767 g/mol. The number of benzene rings is 10. The number of fused-ring (bicyclic) bond motifs is 6. The molecule has 10 aromatic carbocycles. The average molecular weight is 768 g/mol. The Morgan fingerprint density at radius 1 is 0.333 bits per heavy atom. The van der Waals surface area contributed by atoms with E-state index in [0.717, 1.165) is 56.2 Å². The van der Waals surface area contributed by atoms with Gasteiger partial charge in [0.25, 0.3) is 0 Å². The third-order valence-electron chi connectivity index (χ3n) is 12.0. The third kappa shape index (κ3) is 6.49. The van der Waals surface area contributed by atoms with Crippen LogP contribution in [0.15, 0.2) is 229 Å². The van der Waals surface area contributed by atoms with Gasteiger partial charge in [-0.3, -0.25) is 0 Å². The van der Waals surface area contributed by atoms with Crippen molar-refractivity contribution in [2.75, 3.05) is 4.90 Å². The first kappa shape index (κ1) is 35.5. The first-order chi connectivity index (χ1) is 29.7. The van der Waals surface area contributed by atoms with Crippen LogP contribution >= 0.6 is 0 Å². The number of para-hydroxylation sites is 1. The number of hydrogen-bond acceptors (Lipinski definition) is 2. The Morgan fingerprint density at radius 2 is 0.933 bits per heavy atom. The molecule has 284 valence electrons. The van der Waals surface area contributed by atoms with E-state index in [9.17, 15) is 0 Å². The topological polar surface area (TPSA) is 16.4 Å². The van der Waals surface area contributed by atoms with Crippen LogP contribution in [0.5, 0.6) is 0 Å². The fourth-order valence-corrected chi connectivity index (χ4v) is 9.09. The van der Waals surface area contributed by atoms with Gasteiger partial charge < -0.3 is 9.32 Å². The van der Waals surface area contributed by atoms with Crippen LogP contribution < -0.4 is 4.90 Å². The smallest absolute Gasteiger partial charge is 0.143 e. The lowest BCUT2D eigenvalue weighted by atomic mass is 9.93. The highest BCUT2D eigenvalue weighted by atomic mass is 16.3. The molecule has 0 unspecified atom stereocenters. The molecule has 0 radical (unpaired) electrons. The minimum absolute atomic E-state index is 0.643. The van der Waals surface area contributed by atoms with Gasteiger partial charge in [0, 0.05) is 39.6 Å². The normalized spacial score (nSPS) is 11.5. The molecule has 0 spiro atoms. The lowest BCUT2D eigenvalue weighted by molar-refractivity contribution is 0.673. The summed E-state index contributed by atoms with van der Waals surface area (Å²) in [5.74, 6) is 0. The van der Waals surface area contributed by atoms with E-state index in [0.29, 0.717) is 6.54 Å². The fourth-order valence-electron chi connectivity index (χ4n) is 9.09. The van der Waals surface area contributed by atoms with Crippen molar-refractivity contribution in [1.82, 2.24) is 0 Å². The zero-order chi connectivity index (χ0) is 39.8. The van der Waals surface area contributed by atoms with E-state index >= 15 is 0 Å². The highest BCUT2D eigenvalue weighted by Crippen LogP contribution is 2.42. The van der Waals surface area contributed by atoms with Gasteiger partial charge in [-0.1, -0.05) is 194 Å². The highest BCUT2D eigenvalue weighted by molar-refractivity contribution is 6.17. The summed E-state index contributed by atoms with van der Waals surface area (Å²) in [4.78, 5) is 2.49. The molecule has 0 saturated carbocycles. The molecule has 0 amide bonds. The van der Waals surface area contributed by atoms with Crippen LogP contribution in [0.3, 0.4) is 0 Å². The van der Waals surface area contributed by atoms with Crippen molar-refractivity contribution in [3.05, 3.63) is 241 Å². The number of anilines is 2. The van der Waals surface area contributed by atoms with Gasteiger partial charge in [-0.05, 0) is 97.4 Å². The number of rotatable bonds is 9. The lowest BCUT2D eigenvalue weighted by Crippen LogP contribution is -2.17. The van der Waals surface area contributed by atoms with Gasteiger partial charge in [-0.15, -0.1) is 0 Å². The van der Waals surface area contributed by atoms with E-state index in [1.54, 1.807) is 0 Å². The predicted octanol–water partition coefficient (Wildman–Crippen LogP) is 15.8. The molecule has 2 heteroatoms. The molecule has 1 aromatic heterocycles. The van der Waals surface area contributed by atoms with Crippen LogP contribution in [0, 0.1) is 0 Å². The number of nitrogens with zero attached hydrogens (tertiary/aromatic N) is 1. The van der Waals surface area contributed by atoms with Crippen LogP contribution in [0.4, 0.5) is 11.4 Å². The molecule has 60 heavy (non-hydrogen) atoms. The summed E-state index contributed by atoms with van der Waals surface area (Å²) in [6, 6.07) is 81.2. The van der Waals surface area contributed by atoms with Crippen LogP contribution in [0.2, 0.25) is 0 Å². The van der Waals surface area contributed by atoms with Crippen molar-refractivity contribution in [1.29, 1.82) is 0 Å². The van der Waals surface area contributed by atoms with Gasteiger partial charge in [0.05, 0.1) is 0 Å². The van der Waals surface area contributed by atoms with Crippen molar-refractivity contribution in [2.24, 2.45) is 0 Å². The summed E-state index contributed by atoms with van der Waals surface area (Å²) >= 11 is 0. The van der Waals surface area contributed by atoms with Crippen LogP contribution in [-0.2, 0) is 13.0 Å². The van der Waals surface area contributed by atoms with Crippen molar-refractivity contribution < 1.29 is 4.42 Å². The zero-order valence-electron chi connectivity index (χ0n) is 33.1. The molecule has 0 N–H and O–H groups in total. The molecule has 0 bridgehead atoms. The summed E-state index contributed by atoms with van der Waals surface area (Å²) in [5.41, 5.74) is 15.0. The molecule has 0 aliphatic heterocycles. The van der Waals surface area contributed by atoms with Gasteiger partial charge in [0.1, 0.15) is 11.2 Å².